The lowest BCUT2D eigenvalue weighted by molar-refractivity contribution is -0.121. The molecule has 3 heterocycles. The summed E-state index contributed by atoms with van der Waals surface area (Å²) in [5.74, 6) is -0.175. The number of thiazole rings is 1. The number of nitrogens with one attached hydrogen (secondary N) is 1. The van der Waals surface area contributed by atoms with Gasteiger partial charge in [0.25, 0.3) is 5.91 Å². The predicted molar refractivity (Wildman–Crippen MR) is 82.5 cm³/mol. The van der Waals surface area contributed by atoms with Crippen molar-refractivity contribution in [1.82, 2.24) is 4.98 Å². The third-order valence-corrected chi connectivity index (χ3v) is 5.84. The van der Waals surface area contributed by atoms with Gasteiger partial charge in [0.2, 0.25) is 5.91 Å². The molecule has 4 rings (SSSR count). The number of carbonyl (C=O) groups excluding carboxylic acids is 2. The van der Waals surface area contributed by atoms with Crippen molar-refractivity contribution in [3.63, 3.8) is 0 Å². The topological polar surface area (TPSA) is 62.3 Å². The normalized spacial score (nSPS) is 23.0. The molecular formula is C14H11N3O2S2. The average Bonchev–Trinajstić information content (AvgIpc) is 3.15. The summed E-state index contributed by atoms with van der Waals surface area (Å²) in [6.07, 6.45) is 2.56. The summed E-state index contributed by atoms with van der Waals surface area (Å²) < 4.78 is 0. The summed E-state index contributed by atoms with van der Waals surface area (Å²) in [4.78, 5) is 30.9. The van der Waals surface area contributed by atoms with E-state index in [1.807, 2.05) is 24.3 Å². The van der Waals surface area contributed by atoms with Gasteiger partial charge < -0.3 is 0 Å². The second-order valence-electron chi connectivity index (χ2n) is 4.87. The van der Waals surface area contributed by atoms with Crippen LogP contribution in [0.5, 0.6) is 0 Å². The van der Waals surface area contributed by atoms with Crippen molar-refractivity contribution in [2.45, 2.75) is 22.6 Å². The maximum atomic E-state index is 12.8. The summed E-state index contributed by atoms with van der Waals surface area (Å²) in [5.41, 5.74) is 0.833. The molecule has 5 nitrogen and oxygen atoms in total. The van der Waals surface area contributed by atoms with Crippen LogP contribution in [0, 0.1) is 0 Å². The Morgan fingerprint density at radius 3 is 3.05 bits per heavy atom. The molecule has 2 aromatic rings. The molecule has 1 N–H and O–H groups in total. The van der Waals surface area contributed by atoms with Gasteiger partial charge >= 0.3 is 0 Å². The molecule has 1 aromatic carbocycles. The molecule has 21 heavy (non-hydrogen) atoms. The van der Waals surface area contributed by atoms with Crippen LogP contribution < -0.4 is 10.2 Å². The van der Waals surface area contributed by atoms with E-state index < -0.39 is 4.87 Å². The van der Waals surface area contributed by atoms with E-state index in [1.54, 1.807) is 16.5 Å². The van der Waals surface area contributed by atoms with Gasteiger partial charge in [-0.2, -0.15) is 0 Å². The minimum atomic E-state index is -0.869. The quantitative estimate of drug-likeness (QED) is 0.925. The first kappa shape index (κ1) is 12.8. The number of carbonyl (C=O) groups is 2. The van der Waals surface area contributed by atoms with E-state index in [9.17, 15) is 9.59 Å². The number of anilines is 2. The highest BCUT2D eigenvalue weighted by Crippen LogP contribution is 2.55. The van der Waals surface area contributed by atoms with Crippen molar-refractivity contribution >= 4 is 45.7 Å². The standard InChI is InChI=1S/C14H11N3O2S2/c18-11-5-6-14(12(19)16-13-15-7-8-20-13)17(11)9-3-1-2-4-10(9)21-14/h1-4,7-8H,5-6H2,(H,15,16,19). The first-order valence-corrected chi connectivity index (χ1v) is 8.22. The average molecular weight is 317 g/mol. The van der Waals surface area contributed by atoms with Crippen LogP contribution in [-0.2, 0) is 9.59 Å². The second-order valence-corrected chi connectivity index (χ2v) is 7.09. The number of nitrogens with zero attached hydrogens (tertiary/aromatic N) is 2. The first-order chi connectivity index (χ1) is 10.2. The molecule has 0 saturated carbocycles. The van der Waals surface area contributed by atoms with Crippen molar-refractivity contribution in [2.75, 3.05) is 10.2 Å². The van der Waals surface area contributed by atoms with Gasteiger partial charge in [-0.15, -0.1) is 11.3 Å². The van der Waals surface area contributed by atoms with Crippen molar-refractivity contribution in [2.24, 2.45) is 0 Å². The molecule has 106 valence electrons. The number of hydrogen-bond acceptors (Lipinski definition) is 5. The third kappa shape index (κ3) is 1.81. The van der Waals surface area contributed by atoms with E-state index in [-0.39, 0.29) is 11.8 Å². The van der Waals surface area contributed by atoms with Crippen molar-refractivity contribution in [3.05, 3.63) is 35.8 Å². The molecule has 1 unspecified atom stereocenters. The van der Waals surface area contributed by atoms with Crippen LogP contribution in [-0.4, -0.2) is 21.7 Å². The fourth-order valence-corrected chi connectivity index (χ4v) is 4.72. The monoisotopic (exact) mass is 317 g/mol. The minimum Gasteiger partial charge on any atom is -0.299 e. The molecule has 1 saturated heterocycles. The number of aromatic nitrogens is 1. The van der Waals surface area contributed by atoms with Gasteiger partial charge in [-0.05, 0) is 18.6 Å². The van der Waals surface area contributed by atoms with Crippen molar-refractivity contribution < 1.29 is 9.59 Å². The highest BCUT2D eigenvalue weighted by Gasteiger charge is 2.57. The van der Waals surface area contributed by atoms with Crippen LogP contribution in [0.3, 0.4) is 0 Å². The largest absolute Gasteiger partial charge is 0.299 e. The van der Waals surface area contributed by atoms with Crippen LogP contribution >= 0.6 is 23.1 Å². The van der Waals surface area contributed by atoms with E-state index in [2.05, 4.69) is 10.3 Å². The Morgan fingerprint density at radius 2 is 2.24 bits per heavy atom. The predicted octanol–water partition coefficient (Wildman–Crippen LogP) is 2.71. The van der Waals surface area contributed by atoms with Crippen molar-refractivity contribution in [1.29, 1.82) is 0 Å². The molecule has 1 atom stereocenters. The molecule has 2 amide bonds. The summed E-state index contributed by atoms with van der Waals surface area (Å²) >= 11 is 2.83. The molecule has 0 radical (unpaired) electrons. The number of thioether (sulfide) groups is 1. The maximum Gasteiger partial charge on any atom is 0.263 e. The lowest BCUT2D eigenvalue weighted by Crippen LogP contribution is -2.49. The number of hydrogen-bond donors (Lipinski definition) is 1. The molecule has 0 spiro atoms. The van der Waals surface area contributed by atoms with Crippen LogP contribution in [0.15, 0.2) is 40.7 Å². The van der Waals surface area contributed by atoms with Gasteiger partial charge in [-0.3, -0.25) is 19.8 Å². The number of amides is 2. The Bertz CT molecular complexity index is 732. The van der Waals surface area contributed by atoms with Crippen LogP contribution in [0.4, 0.5) is 10.8 Å². The van der Waals surface area contributed by atoms with E-state index in [1.165, 1.54) is 23.1 Å². The van der Waals surface area contributed by atoms with E-state index in [4.69, 9.17) is 0 Å². The highest BCUT2D eigenvalue weighted by molar-refractivity contribution is 8.02. The summed E-state index contributed by atoms with van der Waals surface area (Å²) in [5, 5.41) is 5.20. The zero-order valence-electron chi connectivity index (χ0n) is 10.9. The Labute approximate surface area is 129 Å². The minimum absolute atomic E-state index is 0.00161. The van der Waals surface area contributed by atoms with Gasteiger partial charge in [0.1, 0.15) is 0 Å². The second kappa shape index (κ2) is 4.57. The fraction of sp³-hybridized carbons (Fsp3) is 0.214. The smallest absolute Gasteiger partial charge is 0.263 e. The number of para-hydroxylation sites is 1. The number of rotatable bonds is 2. The van der Waals surface area contributed by atoms with E-state index in [0.717, 1.165) is 10.6 Å². The molecular weight excluding hydrogens is 306 g/mol. The number of fused-ring (bicyclic) bond motifs is 3. The van der Waals surface area contributed by atoms with Crippen LogP contribution in [0.1, 0.15) is 12.8 Å². The maximum absolute atomic E-state index is 12.8. The van der Waals surface area contributed by atoms with Crippen LogP contribution in [0.2, 0.25) is 0 Å². The fourth-order valence-electron chi connectivity index (χ4n) is 2.78. The number of benzene rings is 1. The Hall–Kier alpha value is -1.86. The molecule has 0 bridgehead atoms. The third-order valence-electron chi connectivity index (χ3n) is 3.68. The SMILES string of the molecule is O=C1CCC2(C(=O)Nc3nccs3)Sc3ccccc3N12. The molecule has 1 fully saturated rings. The van der Waals surface area contributed by atoms with Gasteiger partial charge in [0, 0.05) is 22.9 Å². The zero-order valence-corrected chi connectivity index (χ0v) is 12.5. The Kier molecular flexibility index (Phi) is 2.80. The zero-order chi connectivity index (χ0) is 14.4. The first-order valence-electron chi connectivity index (χ1n) is 6.53. The molecule has 1 aromatic heterocycles. The summed E-state index contributed by atoms with van der Waals surface area (Å²) in [6.45, 7) is 0. The van der Waals surface area contributed by atoms with Crippen molar-refractivity contribution in [3.8, 4) is 0 Å². The van der Waals surface area contributed by atoms with Gasteiger partial charge in [0.05, 0.1) is 5.69 Å². The Balaban J connectivity index is 1.73. The molecule has 7 heteroatoms. The summed E-state index contributed by atoms with van der Waals surface area (Å²) in [6, 6.07) is 7.65. The van der Waals surface area contributed by atoms with Crippen LogP contribution in [0.25, 0.3) is 0 Å². The highest BCUT2D eigenvalue weighted by atomic mass is 32.2. The van der Waals surface area contributed by atoms with Gasteiger partial charge in [-0.1, -0.05) is 23.9 Å². The Morgan fingerprint density at radius 1 is 1.38 bits per heavy atom. The van der Waals surface area contributed by atoms with E-state index >= 15 is 0 Å². The van der Waals surface area contributed by atoms with Gasteiger partial charge in [-0.25, -0.2) is 4.98 Å². The summed E-state index contributed by atoms with van der Waals surface area (Å²) in [7, 11) is 0. The lowest BCUT2D eigenvalue weighted by Gasteiger charge is -2.29. The van der Waals surface area contributed by atoms with E-state index in [0.29, 0.717) is 18.0 Å². The molecule has 2 aliphatic heterocycles. The van der Waals surface area contributed by atoms with Gasteiger partial charge in [0.15, 0.2) is 10.0 Å². The molecule has 0 aliphatic carbocycles. The molecule has 2 aliphatic rings. The lowest BCUT2D eigenvalue weighted by atomic mass is 10.2.